The highest BCUT2D eigenvalue weighted by Crippen LogP contribution is 2.31. The first-order valence-electron chi connectivity index (χ1n) is 12.3. The first-order valence-corrected chi connectivity index (χ1v) is 12.3. The minimum absolute atomic E-state index is 0.132. The number of hydrogen-bond donors (Lipinski definition) is 2. The lowest BCUT2D eigenvalue weighted by Crippen LogP contribution is -2.38. The molecule has 4 aromatic rings. The minimum atomic E-state index is 0.132. The number of para-hydroxylation sites is 2. The monoisotopic (exact) mass is 456 g/mol. The Bertz CT molecular complexity index is 1260. The molecular formula is C28H32N4O2. The van der Waals surface area contributed by atoms with E-state index in [-0.39, 0.29) is 5.91 Å². The molecule has 1 aliphatic heterocycles. The number of aromatic nitrogens is 2. The van der Waals surface area contributed by atoms with Crippen LogP contribution in [0.25, 0.3) is 33.2 Å². The molecule has 2 aromatic carbocycles. The van der Waals surface area contributed by atoms with Crippen LogP contribution in [0.2, 0.25) is 0 Å². The van der Waals surface area contributed by atoms with Crippen molar-refractivity contribution in [3.63, 3.8) is 0 Å². The van der Waals surface area contributed by atoms with Crippen molar-refractivity contribution >= 4 is 27.7 Å². The van der Waals surface area contributed by atoms with Gasteiger partial charge < -0.3 is 15.0 Å². The van der Waals surface area contributed by atoms with Gasteiger partial charge in [0.25, 0.3) is 0 Å². The Kier molecular flexibility index (Phi) is 7.17. The first kappa shape index (κ1) is 22.6. The van der Waals surface area contributed by atoms with E-state index in [9.17, 15) is 4.79 Å². The van der Waals surface area contributed by atoms with Crippen LogP contribution in [-0.4, -0.2) is 60.2 Å². The van der Waals surface area contributed by atoms with Gasteiger partial charge in [0.1, 0.15) is 0 Å². The number of carbonyl (C=O) groups is 1. The third-order valence-corrected chi connectivity index (χ3v) is 6.58. The number of morpholine rings is 1. The van der Waals surface area contributed by atoms with Gasteiger partial charge in [-0.05, 0) is 49.6 Å². The molecule has 3 heterocycles. The van der Waals surface area contributed by atoms with E-state index in [0.717, 1.165) is 86.5 Å². The summed E-state index contributed by atoms with van der Waals surface area (Å²) in [6.07, 6.45) is 3.14. The topological polar surface area (TPSA) is 70.2 Å². The van der Waals surface area contributed by atoms with Crippen LogP contribution >= 0.6 is 0 Å². The van der Waals surface area contributed by atoms with Crippen molar-refractivity contribution in [1.82, 2.24) is 20.2 Å². The van der Waals surface area contributed by atoms with Gasteiger partial charge in [0.05, 0.1) is 30.1 Å². The van der Waals surface area contributed by atoms with Crippen molar-refractivity contribution < 1.29 is 9.53 Å². The van der Waals surface area contributed by atoms with Crippen LogP contribution in [0.3, 0.4) is 0 Å². The fourth-order valence-corrected chi connectivity index (χ4v) is 4.75. The van der Waals surface area contributed by atoms with Crippen molar-refractivity contribution in [3.05, 3.63) is 66.2 Å². The maximum absolute atomic E-state index is 12.4. The predicted octanol–water partition coefficient (Wildman–Crippen LogP) is 4.54. The van der Waals surface area contributed by atoms with Gasteiger partial charge >= 0.3 is 0 Å². The summed E-state index contributed by atoms with van der Waals surface area (Å²) in [5, 5.41) is 5.43. The molecule has 0 bridgehead atoms. The highest BCUT2D eigenvalue weighted by molar-refractivity contribution is 5.91. The highest BCUT2D eigenvalue weighted by Gasteiger charge is 2.15. The van der Waals surface area contributed by atoms with E-state index >= 15 is 0 Å². The molecule has 1 amide bonds. The second kappa shape index (κ2) is 10.8. The summed E-state index contributed by atoms with van der Waals surface area (Å²) in [7, 11) is 0. The van der Waals surface area contributed by atoms with E-state index in [0.29, 0.717) is 6.42 Å². The fraction of sp³-hybridized carbons (Fsp3) is 0.357. The molecule has 1 fully saturated rings. The Balaban J connectivity index is 1.21. The summed E-state index contributed by atoms with van der Waals surface area (Å²) in [6, 6.07) is 20.7. The summed E-state index contributed by atoms with van der Waals surface area (Å²) in [5.74, 6) is 0.132. The Morgan fingerprint density at radius 3 is 2.74 bits per heavy atom. The summed E-state index contributed by atoms with van der Waals surface area (Å²) in [5.41, 5.74) is 5.32. The van der Waals surface area contributed by atoms with E-state index in [1.165, 1.54) is 10.9 Å². The Labute approximate surface area is 200 Å². The molecule has 2 aromatic heterocycles. The van der Waals surface area contributed by atoms with Gasteiger partial charge in [0.15, 0.2) is 0 Å². The largest absolute Gasteiger partial charge is 0.379 e. The van der Waals surface area contributed by atoms with Crippen LogP contribution in [0.1, 0.15) is 24.8 Å². The van der Waals surface area contributed by atoms with Gasteiger partial charge in [-0.3, -0.25) is 9.69 Å². The molecule has 5 rings (SSSR count). The summed E-state index contributed by atoms with van der Waals surface area (Å²) in [6.45, 7) is 5.37. The third kappa shape index (κ3) is 5.29. The molecule has 176 valence electrons. The van der Waals surface area contributed by atoms with Gasteiger partial charge in [-0.15, -0.1) is 0 Å². The van der Waals surface area contributed by atoms with Crippen molar-refractivity contribution in [2.45, 2.75) is 25.7 Å². The van der Waals surface area contributed by atoms with Gasteiger partial charge in [-0.25, -0.2) is 4.98 Å². The molecule has 2 N–H and O–H groups in total. The molecule has 6 nitrogen and oxygen atoms in total. The molecule has 0 atom stereocenters. The molecule has 0 saturated carbocycles. The van der Waals surface area contributed by atoms with Crippen LogP contribution < -0.4 is 5.32 Å². The molecule has 1 saturated heterocycles. The number of pyridine rings is 1. The van der Waals surface area contributed by atoms with E-state index in [1.807, 2.05) is 24.3 Å². The zero-order valence-electron chi connectivity index (χ0n) is 19.6. The SMILES string of the molecule is O=C(CCCc1c(-c2ccc3ccccc3n2)[nH]c2ccccc12)NCCCN1CCOCC1. The molecule has 0 spiro atoms. The van der Waals surface area contributed by atoms with Crippen molar-refractivity contribution in [1.29, 1.82) is 0 Å². The van der Waals surface area contributed by atoms with Gasteiger partial charge in [0, 0.05) is 42.3 Å². The van der Waals surface area contributed by atoms with E-state index in [4.69, 9.17) is 9.72 Å². The number of nitrogens with one attached hydrogen (secondary N) is 2. The van der Waals surface area contributed by atoms with Gasteiger partial charge in [-0.1, -0.05) is 42.5 Å². The third-order valence-electron chi connectivity index (χ3n) is 6.58. The maximum atomic E-state index is 12.4. The van der Waals surface area contributed by atoms with Gasteiger partial charge in [0.2, 0.25) is 5.91 Å². The Morgan fingerprint density at radius 2 is 1.82 bits per heavy atom. The second-order valence-electron chi connectivity index (χ2n) is 8.92. The fourth-order valence-electron chi connectivity index (χ4n) is 4.75. The lowest BCUT2D eigenvalue weighted by atomic mass is 10.0. The molecule has 34 heavy (non-hydrogen) atoms. The molecule has 6 heteroatoms. The zero-order valence-corrected chi connectivity index (χ0v) is 19.6. The van der Waals surface area contributed by atoms with Crippen LogP contribution in [0.4, 0.5) is 0 Å². The predicted molar refractivity (Wildman–Crippen MR) is 137 cm³/mol. The summed E-state index contributed by atoms with van der Waals surface area (Å²) >= 11 is 0. The quantitative estimate of drug-likeness (QED) is 0.363. The molecule has 0 aliphatic carbocycles. The molecule has 0 unspecified atom stereocenters. The molecular weight excluding hydrogens is 424 g/mol. The Hall–Kier alpha value is -3.22. The highest BCUT2D eigenvalue weighted by atomic mass is 16.5. The second-order valence-corrected chi connectivity index (χ2v) is 8.92. The van der Waals surface area contributed by atoms with Crippen molar-refractivity contribution in [3.8, 4) is 11.4 Å². The average Bonchev–Trinajstić information content (AvgIpc) is 3.25. The van der Waals surface area contributed by atoms with Crippen LogP contribution in [0.5, 0.6) is 0 Å². The molecule has 1 aliphatic rings. The first-order chi connectivity index (χ1) is 16.8. The standard InChI is InChI=1S/C28H32N4O2/c33-27(29-15-6-16-32-17-19-34-20-18-32)12-5-9-23-22-8-2-4-11-25(22)31-28(23)26-14-13-21-7-1-3-10-24(21)30-26/h1-4,7-8,10-11,13-14,31H,5-6,9,12,15-20H2,(H,29,33). The smallest absolute Gasteiger partial charge is 0.220 e. The van der Waals surface area contributed by atoms with E-state index in [1.54, 1.807) is 0 Å². The van der Waals surface area contributed by atoms with Crippen molar-refractivity contribution in [2.24, 2.45) is 0 Å². The number of H-pyrrole nitrogens is 1. The Morgan fingerprint density at radius 1 is 1.00 bits per heavy atom. The number of benzene rings is 2. The lowest BCUT2D eigenvalue weighted by Gasteiger charge is -2.26. The summed E-state index contributed by atoms with van der Waals surface area (Å²) < 4.78 is 5.38. The zero-order chi connectivity index (χ0) is 23.2. The normalized spacial score (nSPS) is 14.6. The number of carbonyl (C=O) groups excluding carboxylic acids is 1. The number of nitrogens with zero attached hydrogens (tertiary/aromatic N) is 2. The lowest BCUT2D eigenvalue weighted by molar-refractivity contribution is -0.121. The summed E-state index contributed by atoms with van der Waals surface area (Å²) in [4.78, 5) is 23.3. The maximum Gasteiger partial charge on any atom is 0.220 e. The number of fused-ring (bicyclic) bond motifs is 2. The van der Waals surface area contributed by atoms with Crippen LogP contribution in [-0.2, 0) is 16.0 Å². The minimum Gasteiger partial charge on any atom is -0.379 e. The van der Waals surface area contributed by atoms with E-state index in [2.05, 4.69) is 51.6 Å². The number of aryl methyl sites for hydroxylation is 1. The number of hydrogen-bond acceptors (Lipinski definition) is 4. The molecule has 0 radical (unpaired) electrons. The van der Waals surface area contributed by atoms with Crippen LogP contribution in [0, 0.1) is 0 Å². The van der Waals surface area contributed by atoms with Crippen LogP contribution in [0.15, 0.2) is 60.7 Å². The average molecular weight is 457 g/mol. The van der Waals surface area contributed by atoms with Crippen molar-refractivity contribution in [2.75, 3.05) is 39.4 Å². The van der Waals surface area contributed by atoms with Gasteiger partial charge in [-0.2, -0.15) is 0 Å². The number of rotatable bonds is 9. The number of aromatic amines is 1. The number of ether oxygens (including phenoxy) is 1. The van der Waals surface area contributed by atoms with E-state index < -0.39 is 0 Å². The number of amides is 1.